The number of carbonyl (C=O) groups excluding carboxylic acids is 8. The molecule has 122 heavy (non-hydrogen) atoms. The molecule has 38 heteroatoms. The zero-order chi connectivity index (χ0) is 87.3. The van der Waals surface area contributed by atoms with Crippen molar-refractivity contribution in [1.29, 1.82) is 0 Å². The summed E-state index contributed by atoms with van der Waals surface area (Å²) < 4.78 is 133. The van der Waals surface area contributed by atoms with Gasteiger partial charge in [-0.3, -0.25) is 48.2 Å². The first kappa shape index (κ1) is 102. The summed E-state index contributed by atoms with van der Waals surface area (Å²) in [5.74, 6) is -6.88. The summed E-state index contributed by atoms with van der Waals surface area (Å²) in [7, 11) is 12.4. The Hall–Kier alpha value is -7.40. The molecule has 2 heterocycles. The van der Waals surface area contributed by atoms with Crippen LogP contribution in [-0.2, 0) is 133 Å². The fraction of sp³-hybridized carbons (Fsp3) is 0.667. The lowest BCUT2D eigenvalue weighted by molar-refractivity contribution is -0.132. The first-order valence-corrected chi connectivity index (χ1v) is 41.0. The number of amides is 8. The number of methoxy groups -OCH3 is 8. The van der Waals surface area contributed by atoms with Gasteiger partial charge in [-0.25, -0.2) is 0 Å². The van der Waals surface area contributed by atoms with Crippen molar-refractivity contribution in [3.05, 3.63) is 70.8 Å². The first-order valence-electron chi connectivity index (χ1n) is 41.0. The number of nitrogens with one attached hydrogen (secondary N) is 4. The monoisotopic (exact) mass is 1730 g/mol. The highest BCUT2D eigenvalue weighted by Crippen LogP contribution is 2.47. The van der Waals surface area contributed by atoms with Gasteiger partial charge in [-0.2, -0.15) is 0 Å². The van der Waals surface area contributed by atoms with Gasteiger partial charge in [0.25, 0.3) is 23.6 Å². The molecule has 38 nitrogen and oxygen atoms in total. The minimum absolute atomic E-state index is 0.0180. The first-order chi connectivity index (χ1) is 59.7. The molecule has 0 radical (unpaired) electrons. The van der Waals surface area contributed by atoms with Crippen molar-refractivity contribution in [2.24, 2.45) is 0 Å². The van der Waals surface area contributed by atoms with E-state index in [0.717, 1.165) is 9.80 Å². The second-order valence-electron chi connectivity index (χ2n) is 27.9. The standard InChI is InChI=1S/C84H126N6O32/c1-99-17-25-107-33-41-115-51-59(52-116-42-34-108-26-18-100-2)85-73(91)49-71(79(93)87-61(55-119-45-37-111-29-21-103-5)56-120-46-38-112-30-22-104-6)89-81(95)67-13-9-63-65-11-15-69-78-70(16-12-66(76(65)78)64-10-14-68(82(89)96)77(67)75(63)64)84(98)90(83(69)97)72(80(94)88-62(57-121-47-39-113-31-23-105-7)58-122-48-40-114-32-24-106-8)50-74(92)86-60(53-117-43-35-109-27-19-101-3)54-118-44-36-110-28-20-102-4/h9-16,59-62,71-72H,17-58H2,1-8H3,(H,85,91)(H,86,92)(H,87,93)(H,88,94). The molecule has 2 aliphatic heterocycles. The third-order valence-corrected chi connectivity index (χ3v) is 19.1. The Morgan fingerprint density at radius 3 is 0.598 bits per heavy atom. The van der Waals surface area contributed by atoms with Gasteiger partial charge in [0, 0.05) is 89.9 Å². The molecule has 2 atom stereocenters. The number of carbonyl (C=O) groups is 8. The predicted octanol–water partition coefficient (Wildman–Crippen LogP) is 1.82. The molecule has 0 fully saturated rings. The molecule has 0 saturated heterocycles. The van der Waals surface area contributed by atoms with E-state index < -0.39 is 96.4 Å². The average Bonchev–Trinajstić information content (AvgIpc) is 0.688. The van der Waals surface area contributed by atoms with E-state index in [4.69, 9.17) is 114 Å². The van der Waals surface area contributed by atoms with Gasteiger partial charge in [0.15, 0.2) is 0 Å². The third-order valence-electron chi connectivity index (χ3n) is 19.1. The van der Waals surface area contributed by atoms with Crippen molar-refractivity contribution in [1.82, 2.24) is 31.1 Å². The van der Waals surface area contributed by atoms with Crippen LogP contribution in [0.25, 0.3) is 43.1 Å². The second kappa shape index (κ2) is 60.3. The molecule has 8 amide bonds. The molecule has 0 spiro atoms. The molecule has 2 unspecified atom stereocenters. The number of fused-ring (bicyclic) bond motifs is 2. The fourth-order valence-electron chi connectivity index (χ4n) is 13.2. The molecule has 4 N–H and O–H groups in total. The number of ether oxygens (including phenoxy) is 24. The number of hydrogen-bond donors (Lipinski definition) is 4. The van der Waals surface area contributed by atoms with Crippen molar-refractivity contribution in [2.45, 2.75) is 49.1 Å². The van der Waals surface area contributed by atoms with Crippen LogP contribution in [-0.4, -0.2) is 414 Å². The van der Waals surface area contributed by atoms with Crippen LogP contribution in [0.3, 0.4) is 0 Å². The number of nitrogens with zero attached hydrogens (tertiary/aromatic N) is 2. The maximum atomic E-state index is 15.7. The van der Waals surface area contributed by atoms with Gasteiger partial charge in [0.05, 0.1) is 301 Å². The van der Waals surface area contributed by atoms with Crippen molar-refractivity contribution >= 4 is 90.3 Å². The molecule has 5 aromatic carbocycles. The fourth-order valence-corrected chi connectivity index (χ4v) is 13.2. The minimum atomic E-state index is -1.81. The van der Waals surface area contributed by atoms with Crippen LogP contribution in [0.1, 0.15) is 54.3 Å². The smallest absolute Gasteiger partial charge is 0.262 e. The van der Waals surface area contributed by atoms with E-state index >= 15 is 28.8 Å². The van der Waals surface area contributed by atoms with Crippen LogP contribution in [0.15, 0.2) is 48.5 Å². The van der Waals surface area contributed by atoms with E-state index in [1.54, 1.807) is 81.1 Å². The van der Waals surface area contributed by atoms with Crippen molar-refractivity contribution in [3.63, 3.8) is 0 Å². The molecule has 0 saturated carbocycles. The van der Waals surface area contributed by atoms with Gasteiger partial charge in [0.1, 0.15) is 12.1 Å². The summed E-state index contributed by atoms with van der Waals surface area (Å²) in [5, 5.41) is 15.2. The van der Waals surface area contributed by atoms with Crippen LogP contribution >= 0.6 is 0 Å². The van der Waals surface area contributed by atoms with Gasteiger partial charge >= 0.3 is 0 Å². The number of rotatable bonds is 76. The number of benzene rings is 5. The van der Waals surface area contributed by atoms with E-state index in [0.29, 0.717) is 138 Å². The molecule has 684 valence electrons. The Balaban J connectivity index is 1.26. The quantitative estimate of drug-likeness (QED) is 0.0187. The maximum Gasteiger partial charge on any atom is 0.262 e. The lowest BCUT2D eigenvalue weighted by Gasteiger charge is -2.35. The van der Waals surface area contributed by atoms with E-state index in [9.17, 15) is 9.59 Å². The molecule has 0 aliphatic carbocycles. The largest absolute Gasteiger partial charge is 0.382 e. The van der Waals surface area contributed by atoms with E-state index in [2.05, 4.69) is 21.3 Å². The predicted molar refractivity (Wildman–Crippen MR) is 441 cm³/mol. The lowest BCUT2D eigenvalue weighted by atomic mass is 9.82. The molecule has 0 bridgehead atoms. The summed E-state index contributed by atoms with van der Waals surface area (Å²) in [4.78, 5) is 125. The summed E-state index contributed by atoms with van der Waals surface area (Å²) >= 11 is 0. The Morgan fingerprint density at radius 1 is 0.238 bits per heavy atom. The lowest BCUT2D eigenvalue weighted by Crippen LogP contribution is -2.58. The van der Waals surface area contributed by atoms with Crippen molar-refractivity contribution in [3.8, 4) is 0 Å². The highest BCUT2D eigenvalue weighted by molar-refractivity contribution is 6.41. The van der Waals surface area contributed by atoms with E-state index in [-0.39, 0.29) is 192 Å². The summed E-state index contributed by atoms with van der Waals surface area (Å²) in [6.45, 7) is 7.24. The Kier molecular flexibility index (Phi) is 50.2. The number of imide groups is 2. The van der Waals surface area contributed by atoms with Gasteiger partial charge < -0.3 is 135 Å². The summed E-state index contributed by atoms with van der Waals surface area (Å²) in [6, 6.07) is 5.76. The Labute approximate surface area is 711 Å². The Bertz CT molecular complexity index is 3450. The highest BCUT2D eigenvalue weighted by Gasteiger charge is 2.46. The van der Waals surface area contributed by atoms with Crippen molar-refractivity contribution < 1.29 is 152 Å². The topological polar surface area (TPSA) is 413 Å². The zero-order valence-corrected chi connectivity index (χ0v) is 71.7. The van der Waals surface area contributed by atoms with Gasteiger partial charge in [-0.1, -0.05) is 24.3 Å². The molecular weight excluding hydrogens is 1600 g/mol. The van der Waals surface area contributed by atoms with Gasteiger partial charge in [0.2, 0.25) is 23.6 Å². The average molecular weight is 1730 g/mol. The van der Waals surface area contributed by atoms with E-state index in [1.807, 2.05) is 0 Å². The SMILES string of the molecule is COCCOCCOCC(COCCOCCOC)NC(=O)CC(C(=O)NC(COCCOCCOC)COCCOCCOC)N1C(=O)c2ccc3c4ccc5c6c(ccc(c7ccc(c2c37)C1=O)c64)C(=O)N(C(CC(=O)NC(COCCOCCOC)COCCOCCOC)C(=O)NC(COCCOCCOC)COCCOCCOC)C5=O. The van der Waals surface area contributed by atoms with Crippen LogP contribution < -0.4 is 21.3 Å². The molecule has 5 aromatic rings. The van der Waals surface area contributed by atoms with E-state index in [1.165, 1.54) is 24.3 Å². The molecule has 0 aromatic heterocycles. The molecular formula is C84H126N6O32. The second-order valence-corrected chi connectivity index (χ2v) is 27.9. The Morgan fingerprint density at radius 2 is 0.410 bits per heavy atom. The van der Waals surface area contributed by atoms with Gasteiger partial charge in [-0.15, -0.1) is 0 Å². The van der Waals surface area contributed by atoms with Crippen molar-refractivity contribution in [2.75, 3.05) is 321 Å². The van der Waals surface area contributed by atoms with Crippen LogP contribution in [0.4, 0.5) is 0 Å². The molecule has 2 aliphatic rings. The summed E-state index contributed by atoms with van der Waals surface area (Å²) in [5.41, 5.74) is 0.0718. The van der Waals surface area contributed by atoms with Crippen LogP contribution in [0, 0.1) is 0 Å². The maximum absolute atomic E-state index is 15.7. The third kappa shape index (κ3) is 33.5. The normalized spacial score (nSPS) is 13.5. The molecule has 7 rings (SSSR count). The summed E-state index contributed by atoms with van der Waals surface area (Å²) in [6.07, 6.45) is -1.49. The number of hydrogen-bond acceptors (Lipinski definition) is 32. The zero-order valence-electron chi connectivity index (χ0n) is 71.7. The van der Waals surface area contributed by atoms with Crippen LogP contribution in [0.5, 0.6) is 0 Å². The minimum Gasteiger partial charge on any atom is -0.382 e. The highest BCUT2D eigenvalue weighted by atomic mass is 16.6. The van der Waals surface area contributed by atoms with Crippen LogP contribution in [0.2, 0.25) is 0 Å². The van der Waals surface area contributed by atoms with Gasteiger partial charge in [-0.05, 0) is 56.6 Å².